The Hall–Kier alpha value is -3.98. The fraction of sp³-hybridized carbons (Fsp3) is 0.280. The molecule has 2 N–H and O–H groups in total. The zero-order valence-corrected chi connectivity index (χ0v) is 19.7. The van der Waals surface area contributed by atoms with Crippen LogP contribution >= 0.6 is 0 Å². The van der Waals surface area contributed by atoms with Gasteiger partial charge in [-0.05, 0) is 42.7 Å². The highest BCUT2D eigenvalue weighted by atomic mass is 16.5. The summed E-state index contributed by atoms with van der Waals surface area (Å²) in [7, 11) is 3.07. The number of aromatic nitrogens is 2. The minimum absolute atomic E-state index is 0.0853. The molecule has 2 aromatic carbocycles. The van der Waals surface area contributed by atoms with E-state index in [0.717, 1.165) is 22.4 Å². The lowest BCUT2D eigenvalue weighted by molar-refractivity contribution is -0.120. The number of para-hydroxylation sites is 1. The van der Waals surface area contributed by atoms with E-state index in [1.807, 2.05) is 32.0 Å². The van der Waals surface area contributed by atoms with Gasteiger partial charge in [0.2, 0.25) is 11.8 Å². The number of methoxy groups -OCH3 is 2. The van der Waals surface area contributed by atoms with E-state index in [9.17, 15) is 9.59 Å². The summed E-state index contributed by atoms with van der Waals surface area (Å²) in [4.78, 5) is 33.2. The van der Waals surface area contributed by atoms with Crippen LogP contribution in [0.1, 0.15) is 27.0 Å². The lowest BCUT2D eigenvalue weighted by Crippen LogP contribution is -2.28. The molecule has 0 unspecified atom stereocenters. The number of carbonyl (C=O) groups excluding carboxylic acids is 2. The number of nitrogens with one attached hydrogen (secondary N) is 2. The molecule has 1 aromatic heterocycles. The van der Waals surface area contributed by atoms with Crippen LogP contribution in [0.15, 0.2) is 48.9 Å². The van der Waals surface area contributed by atoms with Crippen LogP contribution in [0.3, 0.4) is 0 Å². The molecule has 0 radical (unpaired) electrons. The summed E-state index contributed by atoms with van der Waals surface area (Å²) in [5, 5.41) is 5.69. The van der Waals surface area contributed by atoms with Crippen molar-refractivity contribution in [3.8, 4) is 17.4 Å². The monoisotopic (exact) mass is 464 g/mol. The number of nitrogens with zero attached hydrogens (tertiary/aromatic N) is 2. The maximum absolute atomic E-state index is 13.0. The lowest BCUT2D eigenvalue weighted by Gasteiger charge is -2.15. The molecule has 2 amide bonds. The van der Waals surface area contributed by atoms with Gasteiger partial charge in [-0.25, -0.2) is 9.97 Å². The standard InChI is InChI=1S/C25H28N4O5/c1-16-6-5-7-17(2)23(16)29-24(31)19-14-26-15-28-25(19)34-20-9-8-18(12-21(20)33-4)13-22(30)27-10-11-32-3/h5-9,12,14-15H,10-11,13H2,1-4H3,(H,27,30)(H,29,31). The number of benzene rings is 2. The van der Waals surface area contributed by atoms with E-state index in [-0.39, 0.29) is 23.8 Å². The highest BCUT2D eigenvalue weighted by Crippen LogP contribution is 2.33. The first-order valence-electron chi connectivity index (χ1n) is 10.7. The minimum atomic E-state index is -0.392. The summed E-state index contributed by atoms with van der Waals surface area (Å²) < 4.78 is 16.3. The topological polar surface area (TPSA) is 112 Å². The van der Waals surface area contributed by atoms with Crippen LogP contribution in [0.4, 0.5) is 5.69 Å². The molecule has 0 aliphatic heterocycles. The second-order valence-electron chi connectivity index (χ2n) is 7.57. The average molecular weight is 465 g/mol. The molecular formula is C25H28N4O5. The zero-order valence-electron chi connectivity index (χ0n) is 19.7. The van der Waals surface area contributed by atoms with Crippen molar-refractivity contribution in [2.45, 2.75) is 20.3 Å². The van der Waals surface area contributed by atoms with Gasteiger partial charge >= 0.3 is 0 Å². The average Bonchev–Trinajstić information content (AvgIpc) is 2.83. The van der Waals surface area contributed by atoms with Crippen molar-refractivity contribution in [1.82, 2.24) is 15.3 Å². The predicted molar refractivity (Wildman–Crippen MR) is 128 cm³/mol. The Labute approximate surface area is 198 Å². The summed E-state index contributed by atoms with van der Waals surface area (Å²) in [5.74, 6) is 0.320. The Kier molecular flexibility index (Phi) is 8.53. The van der Waals surface area contributed by atoms with Gasteiger partial charge in [-0.1, -0.05) is 24.3 Å². The smallest absolute Gasteiger partial charge is 0.262 e. The predicted octanol–water partition coefficient (Wildman–Crippen LogP) is 3.45. The minimum Gasteiger partial charge on any atom is -0.493 e. The Morgan fingerprint density at radius 3 is 2.50 bits per heavy atom. The molecule has 9 nitrogen and oxygen atoms in total. The van der Waals surface area contributed by atoms with Crippen LogP contribution in [0.25, 0.3) is 0 Å². The summed E-state index contributed by atoms with van der Waals surface area (Å²) in [6.07, 6.45) is 2.88. The molecule has 0 aliphatic carbocycles. The SMILES string of the molecule is COCCNC(=O)Cc1ccc(Oc2ncncc2C(=O)Nc2c(C)cccc2C)c(OC)c1. The largest absolute Gasteiger partial charge is 0.493 e. The number of hydrogen-bond acceptors (Lipinski definition) is 7. The Morgan fingerprint density at radius 2 is 1.79 bits per heavy atom. The molecule has 0 fully saturated rings. The maximum Gasteiger partial charge on any atom is 0.262 e. The molecule has 178 valence electrons. The first kappa shape index (κ1) is 24.7. The van der Waals surface area contributed by atoms with Crippen molar-refractivity contribution in [3.63, 3.8) is 0 Å². The van der Waals surface area contributed by atoms with Crippen LogP contribution in [-0.2, 0) is 16.0 Å². The summed E-state index contributed by atoms with van der Waals surface area (Å²) >= 11 is 0. The first-order valence-corrected chi connectivity index (χ1v) is 10.7. The highest BCUT2D eigenvalue weighted by Gasteiger charge is 2.19. The third-order valence-electron chi connectivity index (χ3n) is 5.07. The molecule has 1 heterocycles. The van der Waals surface area contributed by atoms with E-state index in [2.05, 4.69) is 20.6 Å². The van der Waals surface area contributed by atoms with Crippen LogP contribution in [-0.4, -0.2) is 49.2 Å². The van der Waals surface area contributed by atoms with Gasteiger partial charge in [0.1, 0.15) is 11.9 Å². The number of ether oxygens (including phenoxy) is 3. The van der Waals surface area contributed by atoms with Gasteiger partial charge in [0.25, 0.3) is 5.91 Å². The van der Waals surface area contributed by atoms with Crippen molar-refractivity contribution in [2.75, 3.05) is 32.7 Å². The number of aryl methyl sites for hydroxylation is 2. The highest BCUT2D eigenvalue weighted by molar-refractivity contribution is 6.06. The van der Waals surface area contributed by atoms with E-state index in [1.54, 1.807) is 25.3 Å². The molecule has 0 saturated heterocycles. The Morgan fingerprint density at radius 1 is 1.03 bits per heavy atom. The number of amides is 2. The molecule has 9 heteroatoms. The fourth-order valence-corrected chi connectivity index (χ4v) is 3.30. The van der Waals surface area contributed by atoms with E-state index in [0.29, 0.717) is 24.7 Å². The van der Waals surface area contributed by atoms with Gasteiger partial charge in [0.05, 0.1) is 20.1 Å². The Bertz CT molecular complexity index is 1150. The van der Waals surface area contributed by atoms with Crippen molar-refractivity contribution >= 4 is 17.5 Å². The van der Waals surface area contributed by atoms with Crippen LogP contribution in [0.2, 0.25) is 0 Å². The molecule has 34 heavy (non-hydrogen) atoms. The molecule has 3 rings (SSSR count). The van der Waals surface area contributed by atoms with Gasteiger partial charge in [0.15, 0.2) is 11.5 Å². The lowest BCUT2D eigenvalue weighted by atomic mass is 10.1. The van der Waals surface area contributed by atoms with Crippen molar-refractivity contribution in [3.05, 3.63) is 71.2 Å². The summed E-state index contributed by atoms with van der Waals surface area (Å²) in [6.45, 7) is 4.73. The van der Waals surface area contributed by atoms with Gasteiger partial charge < -0.3 is 24.8 Å². The number of hydrogen-bond donors (Lipinski definition) is 2. The third kappa shape index (κ3) is 6.29. The van der Waals surface area contributed by atoms with Crippen molar-refractivity contribution < 1.29 is 23.8 Å². The molecule has 0 bridgehead atoms. The van der Waals surface area contributed by atoms with Gasteiger partial charge in [-0.15, -0.1) is 0 Å². The van der Waals surface area contributed by atoms with Gasteiger partial charge in [-0.3, -0.25) is 9.59 Å². The third-order valence-corrected chi connectivity index (χ3v) is 5.07. The van der Waals surface area contributed by atoms with E-state index in [1.165, 1.54) is 19.6 Å². The van der Waals surface area contributed by atoms with Gasteiger partial charge in [-0.2, -0.15) is 0 Å². The number of anilines is 1. The normalized spacial score (nSPS) is 10.5. The number of carbonyl (C=O) groups is 2. The summed E-state index contributed by atoms with van der Waals surface area (Å²) in [6, 6.07) is 10.9. The molecule has 0 aliphatic rings. The second-order valence-corrected chi connectivity index (χ2v) is 7.57. The maximum atomic E-state index is 13.0. The van der Waals surface area contributed by atoms with Gasteiger partial charge in [0, 0.05) is 25.5 Å². The van der Waals surface area contributed by atoms with Crippen molar-refractivity contribution in [1.29, 1.82) is 0 Å². The van der Waals surface area contributed by atoms with Crippen LogP contribution in [0.5, 0.6) is 17.4 Å². The quantitative estimate of drug-likeness (QED) is 0.442. The van der Waals surface area contributed by atoms with E-state index in [4.69, 9.17) is 14.2 Å². The molecule has 0 saturated carbocycles. The molecule has 0 spiro atoms. The molecular weight excluding hydrogens is 436 g/mol. The second kappa shape index (κ2) is 11.8. The van der Waals surface area contributed by atoms with Crippen LogP contribution < -0.4 is 20.1 Å². The van der Waals surface area contributed by atoms with Crippen LogP contribution in [0, 0.1) is 13.8 Å². The van der Waals surface area contributed by atoms with E-state index < -0.39 is 5.91 Å². The first-order chi connectivity index (χ1) is 16.4. The molecule has 0 atom stereocenters. The fourth-order valence-electron chi connectivity index (χ4n) is 3.30. The summed E-state index contributed by atoms with van der Waals surface area (Å²) in [5.41, 5.74) is 3.53. The zero-order chi connectivity index (χ0) is 24.5. The van der Waals surface area contributed by atoms with Crippen molar-refractivity contribution in [2.24, 2.45) is 0 Å². The molecule has 3 aromatic rings. The number of rotatable bonds is 10. The Balaban J connectivity index is 1.78. The van der Waals surface area contributed by atoms with E-state index >= 15 is 0 Å².